The second-order valence-electron chi connectivity index (χ2n) is 5.26. The highest BCUT2D eigenvalue weighted by atomic mass is 79.9. The van der Waals surface area contributed by atoms with Crippen LogP contribution in [0.3, 0.4) is 0 Å². The highest BCUT2D eigenvalue weighted by Crippen LogP contribution is 2.34. The maximum atomic E-state index is 12.6. The van der Waals surface area contributed by atoms with E-state index >= 15 is 0 Å². The first-order valence-electron chi connectivity index (χ1n) is 7.08. The molecule has 3 rings (SSSR count). The van der Waals surface area contributed by atoms with Gasteiger partial charge in [-0.3, -0.25) is 9.69 Å². The van der Waals surface area contributed by atoms with Crippen LogP contribution in [0, 0.1) is 0 Å². The van der Waals surface area contributed by atoms with Crippen LogP contribution in [0.15, 0.2) is 24.3 Å². The van der Waals surface area contributed by atoms with Crippen molar-refractivity contribution in [1.29, 1.82) is 0 Å². The van der Waals surface area contributed by atoms with Crippen molar-refractivity contribution in [1.82, 2.24) is 9.80 Å². The van der Waals surface area contributed by atoms with Gasteiger partial charge in [-0.15, -0.1) is 0 Å². The van der Waals surface area contributed by atoms with Gasteiger partial charge in [-0.2, -0.15) is 0 Å². The normalized spacial score (nSPS) is 22.4. The largest absolute Gasteiger partial charge is 0.492 e. The molecule has 0 spiro atoms. The Morgan fingerprint density at radius 3 is 2.75 bits per heavy atom. The van der Waals surface area contributed by atoms with Gasteiger partial charge in [0.05, 0.1) is 0 Å². The quantitative estimate of drug-likeness (QED) is 0.786. The van der Waals surface area contributed by atoms with Gasteiger partial charge in [-0.05, 0) is 6.07 Å². The molecule has 0 N–H and O–H groups in total. The summed E-state index contributed by atoms with van der Waals surface area (Å²) in [5.41, 5.74) is 1.04. The molecule has 2 heterocycles. The van der Waals surface area contributed by atoms with Crippen molar-refractivity contribution in [3.63, 3.8) is 0 Å². The average molecular weight is 339 g/mol. The summed E-state index contributed by atoms with van der Waals surface area (Å²) in [6.07, 6.45) is 0. The molecule has 5 heteroatoms. The summed E-state index contributed by atoms with van der Waals surface area (Å²) in [6.45, 7) is 5.12. The Kier molecular flexibility index (Phi) is 4.27. The number of piperazine rings is 1. The van der Waals surface area contributed by atoms with Crippen LogP contribution in [-0.2, 0) is 4.79 Å². The lowest BCUT2D eigenvalue weighted by Crippen LogP contribution is -2.50. The van der Waals surface area contributed by atoms with Crippen LogP contribution in [-0.4, -0.2) is 60.4 Å². The highest BCUT2D eigenvalue weighted by Gasteiger charge is 2.34. The molecule has 2 aliphatic rings. The monoisotopic (exact) mass is 338 g/mol. The Hall–Kier alpha value is -1.07. The summed E-state index contributed by atoms with van der Waals surface area (Å²) in [5.74, 6) is 0.964. The molecule has 0 radical (unpaired) electrons. The van der Waals surface area contributed by atoms with E-state index in [-0.39, 0.29) is 11.8 Å². The fourth-order valence-electron chi connectivity index (χ4n) is 2.90. The van der Waals surface area contributed by atoms with Gasteiger partial charge < -0.3 is 9.64 Å². The molecule has 0 aromatic heterocycles. The number of hydrogen-bond acceptors (Lipinski definition) is 3. The molecule has 0 saturated carbocycles. The van der Waals surface area contributed by atoms with Gasteiger partial charge in [0.1, 0.15) is 18.3 Å². The summed E-state index contributed by atoms with van der Waals surface area (Å²) in [4.78, 5) is 17.0. The number of alkyl halides is 1. The molecule has 2 aliphatic heterocycles. The molecule has 1 atom stereocenters. The van der Waals surface area contributed by atoms with Crippen molar-refractivity contribution < 1.29 is 9.53 Å². The van der Waals surface area contributed by atoms with Gasteiger partial charge in [0.15, 0.2) is 0 Å². The minimum atomic E-state index is -0.117. The highest BCUT2D eigenvalue weighted by molar-refractivity contribution is 9.09. The third-order valence-corrected chi connectivity index (χ3v) is 4.44. The molecule has 1 aromatic rings. The van der Waals surface area contributed by atoms with Crippen LogP contribution in [0.25, 0.3) is 0 Å². The summed E-state index contributed by atoms with van der Waals surface area (Å²) >= 11 is 3.46. The molecule has 1 aromatic carbocycles. The predicted octanol–water partition coefficient (Wildman–Crippen LogP) is 1.70. The van der Waals surface area contributed by atoms with Crippen molar-refractivity contribution in [2.24, 2.45) is 0 Å². The zero-order chi connectivity index (χ0) is 13.9. The predicted molar refractivity (Wildman–Crippen MR) is 81.5 cm³/mol. The van der Waals surface area contributed by atoms with Gasteiger partial charge >= 0.3 is 0 Å². The van der Waals surface area contributed by atoms with Gasteiger partial charge in [0, 0.05) is 43.6 Å². The average Bonchev–Trinajstić information content (AvgIpc) is 2.92. The summed E-state index contributed by atoms with van der Waals surface area (Å²) in [5, 5.41) is 0.991. The number of hydrogen-bond donors (Lipinski definition) is 0. The number of fused-ring (bicyclic) bond motifs is 1. The summed E-state index contributed by atoms with van der Waals surface area (Å²) < 4.78 is 5.62. The molecule has 1 unspecified atom stereocenters. The molecule has 1 saturated heterocycles. The number of carbonyl (C=O) groups is 1. The maximum absolute atomic E-state index is 12.6. The zero-order valence-electron chi connectivity index (χ0n) is 11.4. The van der Waals surface area contributed by atoms with E-state index < -0.39 is 0 Å². The lowest BCUT2D eigenvalue weighted by molar-refractivity contribution is -0.134. The Bertz CT molecular complexity index is 487. The third kappa shape index (κ3) is 2.69. The number of nitrogens with zero attached hydrogens (tertiary/aromatic N) is 2. The number of rotatable bonds is 3. The molecule has 1 amide bonds. The molecular formula is C15H19BrN2O2. The van der Waals surface area contributed by atoms with Crippen LogP contribution < -0.4 is 4.74 Å². The van der Waals surface area contributed by atoms with Crippen molar-refractivity contribution in [3.05, 3.63) is 29.8 Å². The minimum Gasteiger partial charge on any atom is -0.492 e. The second-order valence-corrected chi connectivity index (χ2v) is 6.05. The van der Waals surface area contributed by atoms with Crippen molar-refractivity contribution in [2.45, 2.75) is 5.92 Å². The summed E-state index contributed by atoms with van der Waals surface area (Å²) in [7, 11) is 0. The number of ether oxygens (including phenoxy) is 1. The van der Waals surface area contributed by atoms with E-state index in [9.17, 15) is 4.79 Å². The van der Waals surface area contributed by atoms with E-state index in [0.717, 1.165) is 49.4 Å². The van der Waals surface area contributed by atoms with Crippen molar-refractivity contribution in [2.75, 3.05) is 44.7 Å². The Labute approximate surface area is 127 Å². The molecule has 108 valence electrons. The van der Waals surface area contributed by atoms with Crippen LogP contribution in [0.5, 0.6) is 5.75 Å². The molecule has 0 bridgehead atoms. The molecular weight excluding hydrogens is 320 g/mol. The van der Waals surface area contributed by atoms with E-state index in [0.29, 0.717) is 6.61 Å². The Morgan fingerprint density at radius 2 is 2.00 bits per heavy atom. The zero-order valence-corrected chi connectivity index (χ0v) is 13.0. The maximum Gasteiger partial charge on any atom is 0.233 e. The second kappa shape index (κ2) is 6.14. The van der Waals surface area contributed by atoms with E-state index in [1.54, 1.807) is 0 Å². The SMILES string of the molecule is O=C(C1COc2ccccc21)N1CCN(CCBr)CC1. The standard InChI is InChI=1S/C15H19BrN2O2/c16-5-6-17-7-9-18(10-8-17)15(19)13-11-20-14-4-2-1-3-12(13)14/h1-4,13H,5-11H2. The first-order chi connectivity index (χ1) is 9.79. The van der Waals surface area contributed by atoms with Crippen molar-refractivity contribution in [3.8, 4) is 5.75 Å². The first kappa shape index (κ1) is 13.9. The van der Waals surface area contributed by atoms with Gasteiger partial charge in [-0.25, -0.2) is 0 Å². The summed E-state index contributed by atoms with van der Waals surface area (Å²) in [6, 6.07) is 7.87. The van der Waals surface area contributed by atoms with Gasteiger partial charge in [0.2, 0.25) is 5.91 Å². The van der Waals surface area contributed by atoms with E-state index in [1.165, 1.54) is 0 Å². The fraction of sp³-hybridized carbons (Fsp3) is 0.533. The van der Waals surface area contributed by atoms with Crippen LogP contribution in [0.1, 0.15) is 11.5 Å². The Morgan fingerprint density at radius 1 is 1.25 bits per heavy atom. The lowest BCUT2D eigenvalue weighted by Gasteiger charge is -2.35. The van der Waals surface area contributed by atoms with E-state index in [2.05, 4.69) is 20.8 Å². The number of benzene rings is 1. The molecule has 20 heavy (non-hydrogen) atoms. The van der Waals surface area contributed by atoms with E-state index in [4.69, 9.17) is 4.74 Å². The minimum absolute atomic E-state index is 0.117. The topological polar surface area (TPSA) is 32.8 Å². The lowest BCUT2D eigenvalue weighted by atomic mass is 9.99. The number of para-hydroxylation sites is 1. The van der Waals surface area contributed by atoms with Gasteiger partial charge in [0.25, 0.3) is 0 Å². The van der Waals surface area contributed by atoms with Gasteiger partial charge in [-0.1, -0.05) is 34.1 Å². The smallest absolute Gasteiger partial charge is 0.233 e. The number of amides is 1. The fourth-order valence-corrected chi connectivity index (χ4v) is 3.40. The first-order valence-corrected chi connectivity index (χ1v) is 8.20. The number of halogens is 1. The van der Waals surface area contributed by atoms with E-state index in [1.807, 2.05) is 29.2 Å². The Balaban J connectivity index is 1.64. The molecule has 0 aliphatic carbocycles. The molecule has 1 fully saturated rings. The number of carbonyl (C=O) groups excluding carboxylic acids is 1. The van der Waals surface area contributed by atoms with Crippen LogP contribution in [0.2, 0.25) is 0 Å². The third-order valence-electron chi connectivity index (χ3n) is 4.08. The van der Waals surface area contributed by atoms with Crippen LogP contribution >= 0.6 is 15.9 Å². The van der Waals surface area contributed by atoms with Crippen LogP contribution in [0.4, 0.5) is 0 Å². The van der Waals surface area contributed by atoms with Crippen molar-refractivity contribution >= 4 is 21.8 Å². The molecule has 4 nitrogen and oxygen atoms in total.